The largest absolute Gasteiger partial charge is 0.378 e. The number of halogens is 1. The number of morpholine rings is 1. The fourth-order valence-electron chi connectivity index (χ4n) is 2.38. The second kappa shape index (κ2) is 7.04. The Bertz CT molecular complexity index is 430. The van der Waals surface area contributed by atoms with E-state index in [0.29, 0.717) is 24.8 Å². The Morgan fingerprint density at radius 1 is 1.25 bits per heavy atom. The summed E-state index contributed by atoms with van der Waals surface area (Å²) in [5.74, 6) is 0.456. The molecule has 2 rings (SSSR count). The number of nitrogens with one attached hydrogen (secondary N) is 1. The van der Waals surface area contributed by atoms with Gasteiger partial charge in [-0.15, -0.1) is 0 Å². The van der Waals surface area contributed by atoms with Crippen molar-refractivity contribution in [3.05, 3.63) is 29.6 Å². The number of ether oxygens (including phenoxy) is 1. The maximum absolute atomic E-state index is 14.3. The average Bonchev–Trinajstić information content (AvgIpc) is 2.45. The minimum absolute atomic E-state index is 0.136. The van der Waals surface area contributed by atoms with Crippen molar-refractivity contribution >= 4 is 5.69 Å². The van der Waals surface area contributed by atoms with E-state index in [-0.39, 0.29) is 11.9 Å². The first kappa shape index (κ1) is 15.3. The predicted octanol–water partition coefficient (Wildman–Crippen LogP) is 2.97. The second-order valence-corrected chi connectivity index (χ2v) is 5.83. The molecule has 0 aliphatic carbocycles. The monoisotopic (exact) mass is 280 g/mol. The maximum atomic E-state index is 14.3. The van der Waals surface area contributed by atoms with Gasteiger partial charge in [0.25, 0.3) is 0 Å². The van der Waals surface area contributed by atoms with Gasteiger partial charge < -0.3 is 15.0 Å². The van der Waals surface area contributed by atoms with Crippen LogP contribution in [0.4, 0.5) is 10.1 Å². The Hall–Kier alpha value is -1.13. The van der Waals surface area contributed by atoms with E-state index < -0.39 is 0 Å². The molecule has 0 amide bonds. The minimum atomic E-state index is -0.136. The van der Waals surface area contributed by atoms with E-state index in [9.17, 15) is 4.39 Å². The van der Waals surface area contributed by atoms with Crippen LogP contribution in [-0.4, -0.2) is 32.8 Å². The summed E-state index contributed by atoms with van der Waals surface area (Å²) < 4.78 is 19.6. The topological polar surface area (TPSA) is 24.5 Å². The number of rotatable bonds is 5. The molecule has 112 valence electrons. The molecule has 0 saturated carbocycles. The van der Waals surface area contributed by atoms with Crippen LogP contribution < -0.4 is 10.2 Å². The summed E-state index contributed by atoms with van der Waals surface area (Å²) >= 11 is 0. The molecule has 0 radical (unpaired) electrons. The summed E-state index contributed by atoms with van der Waals surface area (Å²) in [4.78, 5) is 2.05. The van der Waals surface area contributed by atoms with Crippen molar-refractivity contribution in [1.82, 2.24) is 5.32 Å². The minimum Gasteiger partial charge on any atom is -0.378 e. The van der Waals surface area contributed by atoms with Gasteiger partial charge >= 0.3 is 0 Å². The normalized spacial score (nSPS) is 17.6. The van der Waals surface area contributed by atoms with Crippen LogP contribution in [0, 0.1) is 11.7 Å². The molecule has 0 unspecified atom stereocenters. The lowest BCUT2D eigenvalue weighted by atomic mass is 10.1. The molecule has 1 N–H and O–H groups in total. The lowest BCUT2D eigenvalue weighted by Gasteiger charge is -2.29. The zero-order valence-corrected chi connectivity index (χ0v) is 12.7. The fourth-order valence-corrected chi connectivity index (χ4v) is 2.38. The van der Waals surface area contributed by atoms with Crippen LogP contribution in [0.25, 0.3) is 0 Å². The van der Waals surface area contributed by atoms with Crippen molar-refractivity contribution in [3.8, 4) is 0 Å². The molecule has 1 atom stereocenters. The first-order valence-corrected chi connectivity index (χ1v) is 7.43. The molecule has 1 fully saturated rings. The third-order valence-corrected chi connectivity index (χ3v) is 3.66. The van der Waals surface area contributed by atoms with E-state index in [2.05, 4.69) is 31.0 Å². The zero-order valence-electron chi connectivity index (χ0n) is 12.7. The summed E-state index contributed by atoms with van der Waals surface area (Å²) in [6, 6.07) is 5.74. The van der Waals surface area contributed by atoms with Crippen molar-refractivity contribution in [2.75, 3.05) is 37.7 Å². The number of anilines is 1. The van der Waals surface area contributed by atoms with Crippen LogP contribution >= 0.6 is 0 Å². The number of hydrogen-bond donors (Lipinski definition) is 1. The number of benzene rings is 1. The molecule has 1 aliphatic rings. The molecule has 1 aliphatic heterocycles. The summed E-state index contributed by atoms with van der Waals surface area (Å²) in [5, 5.41) is 3.42. The second-order valence-electron chi connectivity index (χ2n) is 5.83. The van der Waals surface area contributed by atoms with Gasteiger partial charge in [-0.2, -0.15) is 0 Å². The quantitative estimate of drug-likeness (QED) is 0.897. The van der Waals surface area contributed by atoms with Gasteiger partial charge in [-0.1, -0.05) is 19.9 Å². The molecule has 3 nitrogen and oxygen atoms in total. The summed E-state index contributed by atoms with van der Waals surface area (Å²) in [7, 11) is 0. The molecule has 4 heteroatoms. The molecule has 20 heavy (non-hydrogen) atoms. The van der Waals surface area contributed by atoms with Gasteiger partial charge in [-0.25, -0.2) is 4.39 Å². The molecule has 1 saturated heterocycles. The first-order chi connectivity index (χ1) is 9.58. The molecule has 0 aromatic heterocycles. The third-order valence-electron chi connectivity index (χ3n) is 3.66. The van der Waals surface area contributed by atoms with Gasteiger partial charge in [0.05, 0.1) is 18.9 Å². The number of nitrogens with zero attached hydrogens (tertiary/aromatic N) is 1. The Morgan fingerprint density at radius 3 is 2.55 bits per heavy atom. The first-order valence-electron chi connectivity index (χ1n) is 7.43. The summed E-state index contributed by atoms with van der Waals surface area (Å²) in [6.45, 7) is 10.2. The maximum Gasteiger partial charge on any atom is 0.146 e. The Morgan fingerprint density at radius 2 is 1.95 bits per heavy atom. The van der Waals surface area contributed by atoms with Crippen molar-refractivity contribution in [2.24, 2.45) is 5.92 Å². The Labute approximate surface area is 121 Å². The van der Waals surface area contributed by atoms with Gasteiger partial charge in [0.15, 0.2) is 0 Å². The highest BCUT2D eigenvalue weighted by molar-refractivity contribution is 5.49. The predicted molar refractivity (Wildman–Crippen MR) is 80.7 cm³/mol. The lowest BCUT2D eigenvalue weighted by molar-refractivity contribution is 0.122. The Kier molecular flexibility index (Phi) is 5.38. The fraction of sp³-hybridized carbons (Fsp3) is 0.625. The average molecular weight is 280 g/mol. The number of hydrogen-bond acceptors (Lipinski definition) is 3. The van der Waals surface area contributed by atoms with E-state index in [1.54, 1.807) is 6.07 Å². The smallest absolute Gasteiger partial charge is 0.146 e. The SMILES string of the molecule is CC(C)CN[C@H](C)c1ccc(N2CCOCC2)c(F)c1. The highest BCUT2D eigenvalue weighted by atomic mass is 19.1. The standard InChI is InChI=1S/C16H25FN2O/c1-12(2)11-18-13(3)14-4-5-16(15(17)10-14)19-6-8-20-9-7-19/h4-5,10,12-13,18H,6-9,11H2,1-3H3/t13-/m1/s1. The van der Waals surface area contributed by atoms with Gasteiger partial charge in [-0.3, -0.25) is 0 Å². The van der Waals surface area contributed by atoms with Crippen LogP contribution in [0.2, 0.25) is 0 Å². The van der Waals surface area contributed by atoms with Gasteiger partial charge in [-0.05, 0) is 37.1 Å². The lowest BCUT2D eigenvalue weighted by Crippen LogP contribution is -2.36. The summed E-state index contributed by atoms with van der Waals surface area (Å²) in [5.41, 5.74) is 1.69. The molecule has 0 spiro atoms. The van der Waals surface area contributed by atoms with Crippen molar-refractivity contribution in [1.29, 1.82) is 0 Å². The van der Waals surface area contributed by atoms with Crippen molar-refractivity contribution in [2.45, 2.75) is 26.8 Å². The highest BCUT2D eigenvalue weighted by Gasteiger charge is 2.16. The van der Waals surface area contributed by atoms with E-state index in [1.165, 1.54) is 0 Å². The zero-order chi connectivity index (χ0) is 14.5. The van der Waals surface area contributed by atoms with Crippen molar-refractivity contribution < 1.29 is 9.13 Å². The van der Waals surface area contributed by atoms with Gasteiger partial charge in [0, 0.05) is 19.1 Å². The Balaban J connectivity index is 2.04. The highest BCUT2D eigenvalue weighted by Crippen LogP contribution is 2.24. The van der Waals surface area contributed by atoms with Crippen LogP contribution in [-0.2, 0) is 4.74 Å². The van der Waals surface area contributed by atoms with Crippen LogP contribution in [0.15, 0.2) is 18.2 Å². The van der Waals surface area contributed by atoms with Crippen LogP contribution in [0.1, 0.15) is 32.4 Å². The molecule has 0 bridgehead atoms. The molecular formula is C16H25FN2O. The van der Waals surface area contributed by atoms with Gasteiger partial charge in [0.1, 0.15) is 5.82 Å². The third kappa shape index (κ3) is 3.93. The van der Waals surface area contributed by atoms with Crippen molar-refractivity contribution in [3.63, 3.8) is 0 Å². The molecule has 1 aromatic carbocycles. The molecule has 1 aromatic rings. The summed E-state index contributed by atoms with van der Waals surface area (Å²) in [6.07, 6.45) is 0. The van der Waals surface area contributed by atoms with Crippen LogP contribution in [0.5, 0.6) is 0 Å². The molecular weight excluding hydrogens is 255 g/mol. The molecule has 1 heterocycles. The van der Waals surface area contributed by atoms with Crippen LogP contribution in [0.3, 0.4) is 0 Å². The van der Waals surface area contributed by atoms with E-state index in [4.69, 9.17) is 4.74 Å². The van der Waals surface area contributed by atoms with E-state index in [1.807, 2.05) is 12.1 Å². The van der Waals surface area contributed by atoms with E-state index >= 15 is 0 Å². The van der Waals surface area contributed by atoms with E-state index in [0.717, 1.165) is 25.2 Å². The van der Waals surface area contributed by atoms with Gasteiger partial charge in [0.2, 0.25) is 0 Å².